The molecule has 9 heteroatoms. The summed E-state index contributed by atoms with van der Waals surface area (Å²) in [5.41, 5.74) is -0.917. The van der Waals surface area contributed by atoms with E-state index in [1.165, 1.54) is 31.2 Å². The fraction of sp³-hybridized carbons (Fsp3) is 0.474. The molecule has 0 spiro atoms. The number of hydrogen-bond acceptors (Lipinski definition) is 4. The van der Waals surface area contributed by atoms with Gasteiger partial charge in [0.15, 0.2) is 0 Å². The van der Waals surface area contributed by atoms with Gasteiger partial charge in [-0.05, 0) is 37.5 Å². The predicted octanol–water partition coefficient (Wildman–Crippen LogP) is 1.01. The van der Waals surface area contributed by atoms with Gasteiger partial charge >= 0.3 is 6.03 Å². The first-order valence-electron chi connectivity index (χ1n) is 9.22. The van der Waals surface area contributed by atoms with Crippen LogP contribution in [0.15, 0.2) is 24.3 Å². The van der Waals surface area contributed by atoms with Crippen molar-refractivity contribution in [1.82, 2.24) is 20.9 Å². The SMILES string of the molecule is CCCNC(=O)[C@@H](C)NC(=O)CN1C(=O)N[C@](CC)(c2ccc(F)cc2)C1=O. The van der Waals surface area contributed by atoms with Gasteiger partial charge in [0.2, 0.25) is 11.8 Å². The van der Waals surface area contributed by atoms with Gasteiger partial charge in [0.05, 0.1) is 0 Å². The molecule has 0 bridgehead atoms. The molecule has 2 rings (SSSR count). The number of hydrogen-bond donors (Lipinski definition) is 3. The standard InChI is InChI=1S/C19H25FN4O4/c1-4-10-21-16(26)12(3)22-15(25)11-24-17(27)19(5-2,23-18(24)28)13-6-8-14(20)9-7-13/h6-9,12H,4-5,10-11H2,1-3H3,(H,21,26)(H,22,25)(H,23,28)/t12-,19-/m1/s1. The molecule has 8 nitrogen and oxygen atoms in total. The molecular formula is C19H25FN4O4. The Morgan fingerprint density at radius 1 is 1.21 bits per heavy atom. The first kappa shape index (κ1) is 21.3. The van der Waals surface area contributed by atoms with Crippen LogP contribution in [0, 0.1) is 5.82 Å². The minimum absolute atomic E-state index is 0.233. The maximum Gasteiger partial charge on any atom is 0.325 e. The smallest absolute Gasteiger partial charge is 0.325 e. The predicted molar refractivity (Wildman–Crippen MR) is 99.5 cm³/mol. The highest BCUT2D eigenvalue weighted by molar-refractivity contribution is 6.09. The second-order valence-electron chi connectivity index (χ2n) is 6.67. The van der Waals surface area contributed by atoms with Gasteiger partial charge in [0.25, 0.3) is 5.91 Å². The van der Waals surface area contributed by atoms with Crippen LogP contribution in [0.2, 0.25) is 0 Å². The van der Waals surface area contributed by atoms with Gasteiger partial charge in [-0.25, -0.2) is 9.18 Å². The zero-order valence-corrected chi connectivity index (χ0v) is 16.2. The summed E-state index contributed by atoms with van der Waals surface area (Å²) < 4.78 is 13.2. The number of nitrogens with one attached hydrogen (secondary N) is 3. The fourth-order valence-corrected chi connectivity index (χ4v) is 3.04. The average Bonchev–Trinajstić information content (AvgIpc) is 2.91. The van der Waals surface area contributed by atoms with Gasteiger partial charge in [-0.15, -0.1) is 0 Å². The minimum atomic E-state index is -1.35. The van der Waals surface area contributed by atoms with Crippen molar-refractivity contribution < 1.29 is 23.6 Å². The lowest BCUT2D eigenvalue weighted by Gasteiger charge is -2.25. The number of urea groups is 1. The zero-order valence-electron chi connectivity index (χ0n) is 16.2. The highest BCUT2D eigenvalue weighted by Gasteiger charge is 2.51. The molecule has 0 unspecified atom stereocenters. The van der Waals surface area contributed by atoms with Crippen molar-refractivity contribution in [2.75, 3.05) is 13.1 Å². The van der Waals surface area contributed by atoms with Crippen LogP contribution < -0.4 is 16.0 Å². The summed E-state index contributed by atoms with van der Waals surface area (Å²) in [6.45, 7) is 5.11. The summed E-state index contributed by atoms with van der Waals surface area (Å²) >= 11 is 0. The summed E-state index contributed by atoms with van der Waals surface area (Å²) in [7, 11) is 0. The number of amides is 5. The van der Waals surface area contributed by atoms with E-state index in [1.54, 1.807) is 6.92 Å². The third-order valence-electron chi connectivity index (χ3n) is 4.66. The van der Waals surface area contributed by atoms with Crippen LogP contribution in [0.3, 0.4) is 0 Å². The maximum absolute atomic E-state index is 13.2. The molecule has 0 aliphatic carbocycles. The second-order valence-corrected chi connectivity index (χ2v) is 6.67. The molecule has 1 aromatic rings. The molecular weight excluding hydrogens is 367 g/mol. The molecule has 152 valence electrons. The number of carbonyl (C=O) groups is 4. The summed E-state index contributed by atoms with van der Waals surface area (Å²) in [5, 5.41) is 7.75. The molecule has 1 aliphatic rings. The lowest BCUT2D eigenvalue weighted by atomic mass is 9.87. The highest BCUT2D eigenvalue weighted by Crippen LogP contribution is 2.32. The monoisotopic (exact) mass is 392 g/mol. The maximum atomic E-state index is 13.2. The Kier molecular flexibility index (Phi) is 6.71. The molecule has 1 heterocycles. The lowest BCUT2D eigenvalue weighted by Crippen LogP contribution is -2.49. The molecule has 1 fully saturated rings. The van der Waals surface area contributed by atoms with E-state index in [4.69, 9.17) is 0 Å². The van der Waals surface area contributed by atoms with Gasteiger partial charge < -0.3 is 16.0 Å². The Morgan fingerprint density at radius 2 is 1.86 bits per heavy atom. The Balaban J connectivity index is 2.09. The van der Waals surface area contributed by atoms with Crippen LogP contribution in [0.1, 0.15) is 39.2 Å². The fourth-order valence-electron chi connectivity index (χ4n) is 3.04. The van der Waals surface area contributed by atoms with Crippen molar-refractivity contribution in [1.29, 1.82) is 0 Å². The molecule has 0 aromatic heterocycles. The van der Waals surface area contributed by atoms with Gasteiger partial charge in [-0.2, -0.15) is 0 Å². The van der Waals surface area contributed by atoms with Crippen LogP contribution in [-0.4, -0.2) is 47.8 Å². The summed E-state index contributed by atoms with van der Waals surface area (Å²) in [4.78, 5) is 50.2. The van der Waals surface area contributed by atoms with Crippen LogP contribution in [-0.2, 0) is 19.9 Å². The van der Waals surface area contributed by atoms with Crippen molar-refractivity contribution in [3.8, 4) is 0 Å². The quantitative estimate of drug-likeness (QED) is 0.574. The number of carbonyl (C=O) groups excluding carboxylic acids is 4. The number of rotatable bonds is 8. The molecule has 1 aliphatic heterocycles. The first-order valence-corrected chi connectivity index (χ1v) is 9.22. The molecule has 0 saturated carbocycles. The molecule has 1 saturated heterocycles. The van der Waals surface area contributed by atoms with E-state index in [0.717, 1.165) is 11.3 Å². The van der Waals surface area contributed by atoms with Crippen molar-refractivity contribution in [3.63, 3.8) is 0 Å². The van der Waals surface area contributed by atoms with E-state index in [1.807, 2.05) is 6.92 Å². The van der Waals surface area contributed by atoms with Crippen LogP contribution in [0.5, 0.6) is 0 Å². The largest absolute Gasteiger partial charge is 0.354 e. The van der Waals surface area contributed by atoms with E-state index < -0.39 is 41.8 Å². The van der Waals surface area contributed by atoms with Crippen molar-refractivity contribution >= 4 is 23.8 Å². The number of imide groups is 1. The van der Waals surface area contributed by atoms with Crippen LogP contribution in [0.25, 0.3) is 0 Å². The summed E-state index contributed by atoms with van der Waals surface area (Å²) in [5.74, 6) is -2.03. The number of nitrogens with zero attached hydrogens (tertiary/aromatic N) is 1. The Labute approximate surface area is 162 Å². The van der Waals surface area contributed by atoms with E-state index in [0.29, 0.717) is 12.1 Å². The molecule has 1 aromatic carbocycles. The minimum Gasteiger partial charge on any atom is -0.354 e. The van der Waals surface area contributed by atoms with Crippen molar-refractivity contribution in [2.45, 2.75) is 45.2 Å². The molecule has 5 amide bonds. The van der Waals surface area contributed by atoms with E-state index >= 15 is 0 Å². The van der Waals surface area contributed by atoms with Crippen LogP contribution in [0.4, 0.5) is 9.18 Å². The normalized spacial score (nSPS) is 19.9. The first-order chi connectivity index (χ1) is 13.2. The van der Waals surface area contributed by atoms with Crippen molar-refractivity contribution in [3.05, 3.63) is 35.6 Å². The van der Waals surface area contributed by atoms with Gasteiger partial charge in [0.1, 0.15) is 23.9 Å². The van der Waals surface area contributed by atoms with E-state index in [-0.39, 0.29) is 12.3 Å². The number of halogens is 1. The third-order valence-corrected chi connectivity index (χ3v) is 4.66. The summed E-state index contributed by atoms with van der Waals surface area (Å²) in [6, 6.07) is 3.76. The van der Waals surface area contributed by atoms with Gasteiger partial charge in [-0.1, -0.05) is 26.0 Å². The zero-order chi connectivity index (χ0) is 20.9. The summed E-state index contributed by atoms with van der Waals surface area (Å²) in [6.07, 6.45) is 0.995. The van der Waals surface area contributed by atoms with Gasteiger partial charge in [-0.3, -0.25) is 19.3 Å². The molecule has 3 N–H and O–H groups in total. The van der Waals surface area contributed by atoms with Gasteiger partial charge in [0, 0.05) is 6.54 Å². The molecule has 2 atom stereocenters. The van der Waals surface area contributed by atoms with Crippen LogP contribution >= 0.6 is 0 Å². The lowest BCUT2D eigenvalue weighted by molar-refractivity contribution is -0.136. The molecule has 28 heavy (non-hydrogen) atoms. The number of benzene rings is 1. The van der Waals surface area contributed by atoms with E-state index in [2.05, 4.69) is 16.0 Å². The Morgan fingerprint density at radius 3 is 2.43 bits per heavy atom. The topological polar surface area (TPSA) is 108 Å². The Hall–Kier alpha value is -2.97. The highest BCUT2D eigenvalue weighted by atomic mass is 19.1. The molecule has 0 radical (unpaired) electrons. The average molecular weight is 392 g/mol. The van der Waals surface area contributed by atoms with Crippen molar-refractivity contribution in [2.24, 2.45) is 0 Å². The second kappa shape index (κ2) is 8.81. The van der Waals surface area contributed by atoms with E-state index in [9.17, 15) is 23.6 Å². The Bertz CT molecular complexity index is 768. The third kappa shape index (κ3) is 4.29.